The fourth-order valence-corrected chi connectivity index (χ4v) is 3.94. The molecule has 0 aliphatic carbocycles. The van der Waals surface area contributed by atoms with Gasteiger partial charge in [0.1, 0.15) is 10.6 Å². The summed E-state index contributed by atoms with van der Waals surface area (Å²) in [5.41, 5.74) is 3.90. The molecule has 1 N–H and O–H groups in total. The molecule has 4 aromatic rings. The van der Waals surface area contributed by atoms with E-state index in [1.807, 2.05) is 72.1 Å². The highest BCUT2D eigenvalue weighted by molar-refractivity contribution is 7.19. The van der Waals surface area contributed by atoms with Crippen molar-refractivity contribution in [2.24, 2.45) is 0 Å². The van der Waals surface area contributed by atoms with E-state index in [1.54, 1.807) is 7.11 Å². The van der Waals surface area contributed by atoms with Gasteiger partial charge in [0.05, 0.1) is 12.8 Å². The zero-order valence-corrected chi connectivity index (χ0v) is 15.9. The fraction of sp³-hybridized carbons (Fsp3) is 0.143. The van der Waals surface area contributed by atoms with Crippen molar-refractivity contribution in [1.82, 2.24) is 14.7 Å². The molecule has 0 bridgehead atoms. The van der Waals surface area contributed by atoms with Crippen LogP contribution in [0.4, 0.5) is 0 Å². The first-order valence-electron chi connectivity index (χ1n) is 8.61. The molecule has 0 aliphatic heterocycles. The van der Waals surface area contributed by atoms with Crippen LogP contribution in [0.1, 0.15) is 20.9 Å². The number of carbonyl (C=O) groups excluding carboxylic acids is 1. The van der Waals surface area contributed by atoms with Crippen LogP contribution >= 0.6 is 11.3 Å². The summed E-state index contributed by atoms with van der Waals surface area (Å²) in [7, 11) is 1.63. The number of fused-ring (bicyclic) bond motifs is 1. The third kappa shape index (κ3) is 3.44. The Morgan fingerprint density at radius 3 is 2.56 bits per heavy atom. The van der Waals surface area contributed by atoms with E-state index in [2.05, 4.69) is 10.3 Å². The standard InChI is InChI=1S/C21H19N3O2S/c1-14-19(20(25)22-12-15-8-10-17(26-2)11-9-15)27-21-23-18(13-24(14)21)16-6-4-3-5-7-16/h3-11,13H,12H2,1-2H3,(H,22,25). The second kappa shape index (κ2) is 7.25. The second-order valence-electron chi connectivity index (χ2n) is 6.19. The molecule has 27 heavy (non-hydrogen) atoms. The summed E-state index contributed by atoms with van der Waals surface area (Å²) in [5.74, 6) is 0.717. The van der Waals surface area contributed by atoms with E-state index in [1.165, 1.54) is 11.3 Å². The van der Waals surface area contributed by atoms with Crippen LogP contribution in [0.5, 0.6) is 5.75 Å². The molecule has 6 heteroatoms. The second-order valence-corrected chi connectivity index (χ2v) is 7.17. The normalized spacial score (nSPS) is 10.9. The van der Waals surface area contributed by atoms with Crippen LogP contribution in [0.15, 0.2) is 60.8 Å². The number of nitrogens with zero attached hydrogens (tertiary/aromatic N) is 2. The van der Waals surface area contributed by atoms with Crippen molar-refractivity contribution in [1.29, 1.82) is 0 Å². The molecule has 2 aromatic heterocycles. The number of rotatable bonds is 5. The van der Waals surface area contributed by atoms with Crippen LogP contribution in [-0.4, -0.2) is 22.4 Å². The highest BCUT2D eigenvalue weighted by Gasteiger charge is 2.17. The maximum Gasteiger partial charge on any atom is 0.263 e. The van der Waals surface area contributed by atoms with Crippen molar-refractivity contribution in [2.45, 2.75) is 13.5 Å². The number of amides is 1. The quantitative estimate of drug-likeness (QED) is 0.564. The zero-order valence-electron chi connectivity index (χ0n) is 15.1. The van der Waals surface area contributed by atoms with Crippen LogP contribution in [0, 0.1) is 6.92 Å². The molecule has 2 heterocycles. The van der Waals surface area contributed by atoms with Gasteiger partial charge in [0.25, 0.3) is 5.91 Å². The van der Waals surface area contributed by atoms with Crippen LogP contribution in [0.2, 0.25) is 0 Å². The van der Waals surface area contributed by atoms with Gasteiger partial charge in [-0.2, -0.15) is 0 Å². The smallest absolute Gasteiger partial charge is 0.263 e. The molecule has 1 amide bonds. The number of hydrogen-bond acceptors (Lipinski definition) is 4. The molecule has 0 radical (unpaired) electrons. The first kappa shape index (κ1) is 17.3. The van der Waals surface area contributed by atoms with Crippen LogP contribution < -0.4 is 10.1 Å². The van der Waals surface area contributed by atoms with Crippen LogP contribution in [0.25, 0.3) is 16.2 Å². The first-order valence-corrected chi connectivity index (χ1v) is 9.42. The lowest BCUT2D eigenvalue weighted by Crippen LogP contribution is -2.22. The molecule has 0 saturated carbocycles. The van der Waals surface area contributed by atoms with E-state index in [0.717, 1.165) is 33.2 Å². The number of hydrogen-bond donors (Lipinski definition) is 1. The SMILES string of the molecule is COc1ccc(CNC(=O)c2sc3nc(-c4ccccc4)cn3c2C)cc1. The molecule has 0 aliphatic rings. The molecule has 4 rings (SSSR count). The summed E-state index contributed by atoms with van der Waals surface area (Å²) in [6.07, 6.45) is 1.98. The third-order valence-electron chi connectivity index (χ3n) is 4.44. The summed E-state index contributed by atoms with van der Waals surface area (Å²) in [6.45, 7) is 2.42. The molecule has 0 unspecified atom stereocenters. The molecule has 5 nitrogen and oxygen atoms in total. The molecule has 0 spiro atoms. The molecule has 0 fully saturated rings. The van der Waals surface area contributed by atoms with Gasteiger partial charge in [-0.25, -0.2) is 4.98 Å². The molecule has 0 atom stereocenters. The molecule has 0 saturated heterocycles. The Kier molecular flexibility index (Phi) is 4.64. The van der Waals surface area contributed by atoms with Gasteiger partial charge in [0, 0.05) is 24.0 Å². The Morgan fingerprint density at radius 1 is 1.15 bits per heavy atom. The summed E-state index contributed by atoms with van der Waals surface area (Å²) < 4.78 is 7.13. The number of methoxy groups -OCH3 is 1. The van der Waals surface area contributed by atoms with E-state index in [4.69, 9.17) is 4.74 Å². The topological polar surface area (TPSA) is 55.6 Å². The number of imidazole rings is 1. The van der Waals surface area contributed by atoms with Gasteiger partial charge in [-0.3, -0.25) is 9.20 Å². The molecule has 136 valence electrons. The lowest BCUT2D eigenvalue weighted by molar-refractivity contribution is 0.0954. The summed E-state index contributed by atoms with van der Waals surface area (Å²) in [5, 5.41) is 2.98. The average molecular weight is 377 g/mol. The number of ether oxygens (including phenoxy) is 1. The van der Waals surface area contributed by atoms with Crippen LogP contribution in [-0.2, 0) is 6.54 Å². The van der Waals surface area contributed by atoms with Gasteiger partial charge in [-0.15, -0.1) is 0 Å². The number of nitrogens with one attached hydrogen (secondary N) is 1. The van der Waals surface area contributed by atoms with Crippen molar-refractivity contribution in [3.05, 3.63) is 76.9 Å². The predicted octanol–water partition coefficient (Wildman–Crippen LogP) is 4.31. The minimum atomic E-state index is -0.0833. The monoisotopic (exact) mass is 377 g/mol. The number of thiazole rings is 1. The number of aryl methyl sites for hydroxylation is 1. The lowest BCUT2D eigenvalue weighted by Gasteiger charge is -2.06. The van der Waals surface area contributed by atoms with Gasteiger partial charge >= 0.3 is 0 Å². The summed E-state index contributed by atoms with van der Waals surface area (Å²) in [4.78, 5) is 18.8. The number of aromatic nitrogens is 2. The number of benzene rings is 2. The van der Waals surface area contributed by atoms with Gasteiger partial charge in [0.2, 0.25) is 0 Å². The average Bonchev–Trinajstić information content (AvgIpc) is 3.27. The Morgan fingerprint density at radius 2 is 1.89 bits per heavy atom. The van der Waals surface area contributed by atoms with Crippen molar-refractivity contribution >= 4 is 22.2 Å². The summed E-state index contributed by atoms with van der Waals surface area (Å²) in [6, 6.07) is 17.7. The highest BCUT2D eigenvalue weighted by Crippen LogP contribution is 2.27. The van der Waals surface area contributed by atoms with E-state index in [9.17, 15) is 4.79 Å². The fourth-order valence-electron chi connectivity index (χ4n) is 2.91. The van der Waals surface area contributed by atoms with Gasteiger partial charge < -0.3 is 10.1 Å². The largest absolute Gasteiger partial charge is 0.497 e. The molecule has 2 aromatic carbocycles. The van der Waals surface area contributed by atoms with E-state index in [0.29, 0.717) is 11.4 Å². The summed E-state index contributed by atoms with van der Waals surface area (Å²) >= 11 is 1.41. The third-order valence-corrected chi connectivity index (χ3v) is 5.60. The first-order chi connectivity index (χ1) is 13.2. The Balaban J connectivity index is 1.51. The predicted molar refractivity (Wildman–Crippen MR) is 107 cm³/mol. The maximum atomic E-state index is 12.6. The van der Waals surface area contributed by atoms with Crippen molar-refractivity contribution < 1.29 is 9.53 Å². The minimum absolute atomic E-state index is 0.0833. The van der Waals surface area contributed by atoms with Crippen molar-refractivity contribution in [3.63, 3.8) is 0 Å². The van der Waals surface area contributed by atoms with Gasteiger partial charge in [0.15, 0.2) is 4.96 Å². The van der Waals surface area contributed by atoms with E-state index in [-0.39, 0.29) is 5.91 Å². The maximum absolute atomic E-state index is 12.6. The van der Waals surface area contributed by atoms with Crippen molar-refractivity contribution in [2.75, 3.05) is 7.11 Å². The Labute approximate surface area is 161 Å². The highest BCUT2D eigenvalue weighted by atomic mass is 32.1. The minimum Gasteiger partial charge on any atom is -0.497 e. The van der Waals surface area contributed by atoms with Gasteiger partial charge in [-0.1, -0.05) is 53.8 Å². The van der Waals surface area contributed by atoms with Gasteiger partial charge in [-0.05, 0) is 24.6 Å². The Bertz CT molecular complexity index is 1080. The number of carbonyl (C=O) groups is 1. The Hall–Kier alpha value is -3.12. The zero-order chi connectivity index (χ0) is 18.8. The van der Waals surface area contributed by atoms with Crippen LogP contribution in [0.3, 0.4) is 0 Å². The van der Waals surface area contributed by atoms with Crippen molar-refractivity contribution in [3.8, 4) is 17.0 Å². The molecular formula is C21H19N3O2S. The lowest BCUT2D eigenvalue weighted by atomic mass is 10.2. The van der Waals surface area contributed by atoms with E-state index < -0.39 is 0 Å². The van der Waals surface area contributed by atoms with E-state index >= 15 is 0 Å². The molecular weight excluding hydrogens is 358 g/mol.